The van der Waals surface area contributed by atoms with Gasteiger partial charge in [-0.05, 0) is 36.4 Å². The number of para-hydroxylation sites is 1. The third-order valence-electron chi connectivity index (χ3n) is 3.20. The topological polar surface area (TPSA) is 96.7 Å². The lowest BCUT2D eigenvalue weighted by atomic mass is 10.1. The smallest absolute Gasteiger partial charge is 0.355 e. The zero-order valence-corrected chi connectivity index (χ0v) is 11.8. The lowest BCUT2D eigenvalue weighted by molar-refractivity contribution is 0.0647. The predicted octanol–water partition coefficient (Wildman–Crippen LogP) is 3.42. The van der Waals surface area contributed by atoms with Crippen molar-refractivity contribution < 1.29 is 24.5 Å². The number of pyridine rings is 1. The van der Waals surface area contributed by atoms with Crippen molar-refractivity contribution >= 4 is 22.8 Å². The van der Waals surface area contributed by atoms with Crippen LogP contribution in [-0.4, -0.2) is 27.1 Å². The summed E-state index contributed by atoms with van der Waals surface area (Å²) in [7, 11) is 0. The summed E-state index contributed by atoms with van der Waals surface area (Å²) in [6.45, 7) is 0. The average molecular weight is 309 g/mol. The Morgan fingerprint density at radius 3 is 2.26 bits per heavy atom. The first-order chi connectivity index (χ1) is 11.0. The molecule has 0 saturated heterocycles. The fourth-order valence-corrected chi connectivity index (χ4v) is 2.17. The number of benzene rings is 2. The van der Waals surface area contributed by atoms with Crippen molar-refractivity contribution in [2.75, 3.05) is 0 Å². The number of carboxylic acids is 2. The largest absolute Gasteiger partial charge is 0.478 e. The number of nitrogens with zero attached hydrogens (tertiary/aromatic N) is 1. The fourth-order valence-electron chi connectivity index (χ4n) is 2.17. The van der Waals surface area contributed by atoms with Gasteiger partial charge in [0, 0.05) is 5.39 Å². The maximum atomic E-state index is 11.2. The highest BCUT2D eigenvalue weighted by atomic mass is 16.5. The molecular weight excluding hydrogens is 298 g/mol. The molecule has 1 aromatic heterocycles. The van der Waals surface area contributed by atoms with Crippen molar-refractivity contribution in [3.05, 3.63) is 65.9 Å². The Bertz CT molecular complexity index is 906. The molecule has 0 spiro atoms. The zero-order valence-electron chi connectivity index (χ0n) is 11.8. The lowest BCUT2D eigenvalue weighted by Crippen LogP contribution is -2.10. The van der Waals surface area contributed by atoms with Crippen LogP contribution >= 0.6 is 0 Å². The van der Waals surface area contributed by atoms with Crippen LogP contribution in [-0.2, 0) is 0 Å². The number of ether oxygens (including phenoxy) is 1. The van der Waals surface area contributed by atoms with Crippen molar-refractivity contribution in [3.63, 3.8) is 0 Å². The highest BCUT2D eigenvalue weighted by Gasteiger charge is 2.19. The number of fused-ring (bicyclic) bond motifs is 1. The van der Waals surface area contributed by atoms with Gasteiger partial charge in [0.05, 0.1) is 11.1 Å². The van der Waals surface area contributed by atoms with Crippen LogP contribution < -0.4 is 4.74 Å². The van der Waals surface area contributed by atoms with E-state index in [1.807, 2.05) is 18.2 Å². The molecule has 0 aliphatic carbocycles. The highest BCUT2D eigenvalue weighted by Crippen LogP contribution is 2.26. The first kappa shape index (κ1) is 14.5. The van der Waals surface area contributed by atoms with Gasteiger partial charge in [0.1, 0.15) is 11.5 Å². The quantitative estimate of drug-likeness (QED) is 0.766. The number of hydrogen-bond donors (Lipinski definition) is 2. The number of carboxylic acid groups (broad SMARTS) is 2. The number of carbonyl (C=O) groups is 2. The molecule has 0 aliphatic heterocycles. The van der Waals surface area contributed by atoms with E-state index >= 15 is 0 Å². The molecule has 6 heteroatoms. The van der Waals surface area contributed by atoms with Crippen molar-refractivity contribution in [1.29, 1.82) is 0 Å². The standard InChI is InChI=1S/C17H11NO5/c19-16(20)13-9-10-8-12(23-11-4-2-1-3-5-11)6-7-14(10)18-15(13)17(21)22/h1-9H,(H,19,20)(H,21,22). The maximum Gasteiger partial charge on any atom is 0.355 e. The van der Waals surface area contributed by atoms with Crippen LogP contribution in [0.5, 0.6) is 11.5 Å². The molecular formula is C17H11NO5. The Kier molecular flexibility index (Phi) is 3.64. The molecule has 0 fully saturated rings. The van der Waals surface area contributed by atoms with Gasteiger partial charge in [-0.3, -0.25) is 0 Å². The summed E-state index contributed by atoms with van der Waals surface area (Å²) in [5, 5.41) is 18.7. The van der Waals surface area contributed by atoms with Crippen LogP contribution in [0.15, 0.2) is 54.6 Å². The Morgan fingerprint density at radius 1 is 0.870 bits per heavy atom. The van der Waals surface area contributed by atoms with E-state index in [1.54, 1.807) is 30.3 Å². The van der Waals surface area contributed by atoms with E-state index in [0.29, 0.717) is 22.4 Å². The minimum Gasteiger partial charge on any atom is -0.478 e. The van der Waals surface area contributed by atoms with Gasteiger partial charge in [-0.1, -0.05) is 18.2 Å². The highest BCUT2D eigenvalue weighted by molar-refractivity contribution is 6.03. The lowest BCUT2D eigenvalue weighted by Gasteiger charge is -2.08. The van der Waals surface area contributed by atoms with Crippen LogP contribution in [0.2, 0.25) is 0 Å². The number of hydrogen-bond acceptors (Lipinski definition) is 4. The van der Waals surface area contributed by atoms with Gasteiger partial charge < -0.3 is 14.9 Å². The molecule has 0 amide bonds. The van der Waals surface area contributed by atoms with E-state index < -0.39 is 17.6 Å². The average Bonchev–Trinajstić information content (AvgIpc) is 2.54. The molecule has 0 atom stereocenters. The molecule has 0 radical (unpaired) electrons. The Hall–Kier alpha value is -3.41. The Labute approximate surface area is 130 Å². The van der Waals surface area contributed by atoms with Gasteiger partial charge in [0.2, 0.25) is 0 Å². The van der Waals surface area contributed by atoms with Crippen molar-refractivity contribution in [2.45, 2.75) is 0 Å². The summed E-state index contributed by atoms with van der Waals surface area (Å²) < 4.78 is 5.67. The molecule has 0 aliphatic rings. The zero-order chi connectivity index (χ0) is 16.4. The normalized spacial score (nSPS) is 10.4. The summed E-state index contributed by atoms with van der Waals surface area (Å²) in [4.78, 5) is 26.2. The monoisotopic (exact) mass is 309 g/mol. The summed E-state index contributed by atoms with van der Waals surface area (Å²) in [5.74, 6) is -1.58. The molecule has 3 aromatic rings. The SMILES string of the molecule is O=C(O)c1cc2cc(Oc3ccccc3)ccc2nc1C(=O)O. The van der Waals surface area contributed by atoms with Gasteiger partial charge in [-0.25, -0.2) is 14.6 Å². The van der Waals surface area contributed by atoms with E-state index in [-0.39, 0.29) is 5.56 Å². The van der Waals surface area contributed by atoms with Gasteiger partial charge in [0.25, 0.3) is 0 Å². The summed E-state index contributed by atoms with van der Waals surface area (Å²) in [6.07, 6.45) is 0. The molecule has 6 nitrogen and oxygen atoms in total. The van der Waals surface area contributed by atoms with Crippen LogP contribution in [0.1, 0.15) is 20.8 Å². The van der Waals surface area contributed by atoms with E-state index in [2.05, 4.69) is 4.98 Å². The molecule has 0 saturated carbocycles. The molecule has 3 rings (SSSR count). The van der Waals surface area contributed by atoms with Crippen molar-refractivity contribution in [2.24, 2.45) is 0 Å². The third kappa shape index (κ3) is 2.96. The van der Waals surface area contributed by atoms with Gasteiger partial charge in [-0.15, -0.1) is 0 Å². The van der Waals surface area contributed by atoms with Crippen LogP contribution in [0.3, 0.4) is 0 Å². The number of rotatable bonds is 4. The van der Waals surface area contributed by atoms with Gasteiger partial charge in [-0.2, -0.15) is 0 Å². The predicted molar refractivity (Wildman–Crippen MR) is 82.2 cm³/mol. The molecule has 0 bridgehead atoms. The molecule has 23 heavy (non-hydrogen) atoms. The van der Waals surface area contributed by atoms with E-state index in [0.717, 1.165) is 0 Å². The molecule has 114 valence electrons. The molecule has 2 N–H and O–H groups in total. The van der Waals surface area contributed by atoms with E-state index in [4.69, 9.17) is 14.9 Å². The fraction of sp³-hybridized carbons (Fsp3) is 0. The minimum absolute atomic E-state index is 0.359. The Balaban J connectivity index is 2.07. The summed E-state index contributed by atoms with van der Waals surface area (Å²) >= 11 is 0. The second-order valence-electron chi connectivity index (χ2n) is 4.76. The first-order valence-corrected chi connectivity index (χ1v) is 6.69. The summed E-state index contributed by atoms with van der Waals surface area (Å²) in [5.41, 5.74) is -0.462. The molecule has 1 heterocycles. The maximum absolute atomic E-state index is 11.2. The van der Waals surface area contributed by atoms with Crippen LogP contribution in [0.25, 0.3) is 10.9 Å². The molecule has 2 aromatic carbocycles. The second kappa shape index (κ2) is 5.76. The second-order valence-corrected chi connectivity index (χ2v) is 4.76. The van der Waals surface area contributed by atoms with E-state index in [1.165, 1.54) is 6.07 Å². The molecule has 0 unspecified atom stereocenters. The van der Waals surface area contributed by atoms with Gasteiger partial charge >= 0.3 is 11.9 Å². The Morgan fingerprint density at radius 2 is 1.61 bits per heavy atom. The third-order valence-corrected chi connectivity index (χ3v) is 3.20. The van der Waals surface area contributed by atoms with Crippen molar-refractivity contribution in [3.8, 4) is 11.5 Å². The van der Waals surface area contributed by atoms with Crippen LogP contribution in [0.4, 0.5) is 0 Å². The minimum atomic E-state index is -1.38. The van der Waals surface area contributed by atoms with Gasteiger partial charge in [0.15, 0.2) is 5.69 Å². The van der Waals surface area contributed by atoms with E-state index in [9.17, 15) is 9.59 Å². The van der Waals surface area contributed by atoms with Crippen molar-refractivity contribution in [1.82, 2.24) is 4.98 Å². The number of aromatic carboxylic acids is 2. The summed E-state index contributed by atoms with van der Waals surface area (Å²) in [6, 6.07) is 15.2. The number of aromatic nitrogens is 1. The first-order valence-electron chi connectivity index (χ1n) is 6.69. The van der Waals surface area contributed by atoms with Crippen LogP contribution in [0, 0.1) is 0 Å².